The van der Waals surface area contributed by atoms with Crippen molar-refractivity contribution in [2.24, 2.45) is 23.7 Å². The van der Waals surface area contributed by atoms with Crippen molar-refractivity contribution in [3.05, 3.63) is 0 Å². The molecule has 0 aromatic rings. The summed E-state index contributed by atoms with van der Waals surface area (Å²) in [7, 11) is -0.728. The highest BCUT2D eigenvalue weighted by Crippen LogP contribution is 2.46. The van der Waals surface area contributed by atoms with Gasteiger partial charge < -0.3 is 15.3 Å². The van der Waals surface area contributed by atoms with Crippen molar-refractivity contribution in [1.29, 1.82) is 0 Å². The van der Waals surface area contributed by atoms with Crippen molar-refractivity contribution in [1.82, 2.24) is 25.8 Å². The predicted molar refractivity (Wildman–Crippen MR) is 143 cm³/mol. The Balaban J connectivity index is 1.39. The van der Waals surface area contributed by atoms with Gasteiger partial charge in [-0.05, 0) is 65.6 Å². The molecule has 0 bridgehead atoms. The molecule has 0 aromatic carbocycles. The number of carbonyl (C=O) groups excluding carboxylic acids is 1. The SMILES string of the molecule is CN(C)CCCNC(=O)C1NNC2C(F)C(C3C(F)CCC(NS(=O)(=O)C4CC(F)CC(CO)C4F)C3F)CCC12. The molecule has 1 saturated heterocycles. The van der Waals surface area contributed by atoms with E-state index in [1.54, 1.807) is 0 Å². The maximum atomic E-state index is 15.9. The van der Waals surface area contributed by atoms with Gasteiger partial charge in [-0.25, -0.2) is 40.5 Å². The Morgan fingerprint density at radius 1 is 0.951 bits per heavy atom. The van der Waals surface area contributed by atoms with Crippen LogP contribution in [-0.2, 0) is 14.8 Å². The molecule has 4 aliphatic rings. The average molecular weight is 618 g/mol. The standard InChI is InChI=1S/C26H44F5N5O4S/c1-36(2)9-3-8-32-26(38)25-16-5-4-15(22(30)24(16)33-34-25)20-17(28)6-7-18(23(20)31)35-41(39,40)19-11-14(27)10-13(12-37)21(19)29/h13-25,33-35,37H,3-12H2,1-2H3,(H,32,38). The molecule has 1 heterocycles. The summed E-state index contributed by atoms with van der Waals surface area (Å²) in [6.07, 6.45) is -9.37. The van der Waals surface area contributed by atoms with E-state index in [9.17, 15) is 27.1 Å². The van der Waals surface area contributed by atoms with Gasteiger partial charge in [-0.1, -0.05) is 0 Å². The van der Waals surface area contributed by atoms with E-state index in [1.807, 2.05) is 19.0 Å². The van der Waals surface area contributed by atoms with Crippen LogP contribution in [0, 0.1) is 23.7 Å². The minimum Gasteiger partial charge on any atom is -0.396 e. The van der Waals surface area contributed by atoms with Crippen LogP contribution in [0.25, 0.3) is 0 Å². The number of amides is 1. The van der Waals surface area contributed by atoms with Crippen LogP contribution in [0.4, 0.5) is 22.0 Å². The molecule has 41 heavy (non-hydrogen) atoms. The van der Waals surface area contributed by atoms with Gasteiger partial charge in [0.25, 0.3) is 0 Å². The molecular weight excluding hydrogens is 573 g/mol. The second-order valence-corrected chi connectivity index (χ2v) is 14.4. The largest absolute Gasteiger partial charge is 0.396 e. The maximum absolute atomic E-state index is 15.9. The average Bonchev–Trinajstić information content (AvgIpc) is 3.35. The Hall–Kier alpha value is -1.13. The fourth-order valence-corrected chi connectivity index (χ4v) is 9.13. The van der Waals surface area contributed by atoms with Crippen LogP contribution >= 0.6 is 0 Å². The summed E-state index contributed by atoms with van der Waals surface area (Å²) in [4.78, 5) is 14.7. The van der Waals surface area contributed by atoms with Gasteiger partial charge in [0.2, 0.25) is 15.9 Å². The monoisotopic (exact) mass is 617 g/mol. The minimum absolute atomic E-state index is 0.109. The number of hydrazine groups is 1. The predicted octanol–water partition coefficient (Wildman–Crippen LogP) is 1.08. The molecule has 0 spiro atoms. The van der Waals surface area contributed by atoms with E-state index in [0.717, 1.165) is 13.0 Å². The maximum Gasteiger partial charge on any atom is 0.238 e. The van der Waals surface area contributed by atoms with Gasteiger partial charge >= 0.3 is 0 Å². The van der Waals surface area contributed by atoms with E-state index in [2.05, 4.69) is 20.9 Å². The number of carbonyl (C=O) groups is 1. The summed E-state index contributed by atoms with van der Waals surface area (Å²) in [5, 5.41) is 10.4. The number of hydrogen-bond acceptors (Lipinski definition) is 7. The van der Waals surface area contributed by atoms with E-state index in [1.165, 1.54) is 0 Å². The Morgan fingerprint density at radius 2 is 1.66 bits per heavy atom. The molecule has 15 heteroatoms. The normalized spacial score (nSPS) is 43.6. The first-order chi connectivity index (χ1) is 19.4. The van der Waals surface area contributed by atoms with Gasteiger partial charge in [0, 0.05) is 36.8 Å². The third-order valence-corrected chi connectivity index (χ3v) is 11.3. The Labute approximate surface area is 238 Å². The van der Waals surface area contributed by atoms with Crippen LogP contribution < -0.4 is 20.9 Å². The van der Waals surface area contributed by atoms with E-state index in [-0.39, 0.29) is 31.6 Å². The lowest BCUT2D eigenvalue weighted by molar-refractivity contribution is -0.124. The Kier molecular flexibility index (Phi) is 10.9. The molecule has 1 aliphatic heterocycles. The molecule has 9 nitrogen and oxygen atoms in total. The van der Waals surface area contributed by atoms with Gasteiger partial charge in [-0.3, -0.25) is 10.2 Å². The van der Waals surface area contributed by atoms with Crippen molar-refractivity contribution in [3.63, 3.8) is 0 Å². The molecule has 238 valence electrons. The summed E-state index contributed by atoms with van der Waals surface area (Å²) in [5.74, 6) is -4.41. The van der Waals surface area contributed by atoms with E-state index >= 15 is 13.2 Å². The summed E-state index contributed by atoms with van der Waals surface area (Å²) >= 11 is 0. The van der Waals surface area contributed by atoms with Crippen molar-refractivity contribution in [2.75, 3.05) is 33.8 Å². The van der Waals surface area contributed by atoms with Gasteiger partial charge in [-0.2, -0.15) is 0 Å². The number of fused-ring (bicyclic) bond motifs is 1. The molecule has 13 atom stereocenters. The summed E-state index contributed by atoms with van der Waals surface area (Å²) in [6, 6.07) is -2.97. The zero-order valence-corrected chi connectivity index (χ0v) is 24.3. The second kappa shape index (κ2) is 13.7. The Morgan fingerprint density at radius 3 is 2.34 bits per heavy atom. The lowest BCUT2D eigenvalue weighted by atomic mass is 9.65. The fraction of sp³-hybridized carbons (Fsp3) is 0.962. The number of sulfonamides is 1. The zero-order chi connectivity index (χ0) is 30.1. The number of aliphatic hydroxyl groups excluding tert-OH is 1. The first-order valence-corrected chi connectivity index (χ1v) is 16.2. The molecule has 0 aromatic heterocycles. The molecule has 0 radical (unpaired) electrons. The zero-order valence-electron chi connectivity index (χ0n) is 23.5. The van der Waals surface area contributed by atoms with Crippen LogP contribution in [-0.4, -0.2) is 112 Å². The van der Waals surface area contributed by atoms with Gasteiger partial charge in [0.15, 0.2) is 0 Å². The van der Waals surface area contributed by atoms with E-state index < -0.39 is 101 Å². The van der Waals surface area contributed by atoms with Gasteiger partial charge in [-0.15, -0.1) is 0 Å². The molecule has 4 rings (SSSR count). The molecular formula is C26H44F5N5O4S. The summed E-state index contributed by atoms with van der Waals surface area (Å²) < 4.78 is 104. The van der Waals surface area contributed by atoms with Crippen LogP contribution in [0.15, 0.2) is 0 Å². The van der Waals surface area contributed by atoms with E-state index in [4.69, 9.17) is 0 Å². The summed E-state index contributed by atoms with van der Waals surface area (Å²) in [6.45, 7) is 0.522. The van der Waals surface area contributed by atoms with Gasteiger partial charge in [0.05, 0.1) is 12.1 Å². The van der Waals surface area contributed by atoms with Crippen LogP contribution in [0.5, 0.6) is 0 Å². The molecule has 4 fully saturated rings. The number of alkyl halides is 5. The van der Waals surface area contributed by atoms with Crippen LogP contribution in [0.1, 0.15) is 44.9 Å². The molecule has 3 saturated carbocycles. The highest BCUT2D eigenvalue weighted by Gasteiger charge is 2.56. The number of nitrogens with one attached hydrogen (secondary N) is 4. The van der Waals surface area contributed by atoms with E-state index in [0.29, 0.717) is 13.0 Å². The van der Waals surface area contributed by atoms with Crippen molar-refractivity contribution < 1.29 is 40.3 Å². The first-order valence-electron chi connectivity index (χ1n) is 14.6. The topological polar surface area (TPSA) is 123 Å². The Bertz CT molecular complexity index is 999. The fourth-order valence-electron chi connectivity index (χ4n) is 7.26. The second-order valence-electron chi connectivity index (χ2n) is 12.5. The highest BCUT2D eigenvalue weighted by atomic mass is 32.2. The number of hydrogen-bond donors (Lipinski definition) is 5. The molecule has 1 amide bonds. The summed E-state index contributed by atoms with van der Waals surface area (Å²) in [5.41, 5.74) is 5.65. The number of halogens is 5. The lowest BCUT2D eigenvalue weighted by Crippen LogP contribution is -2.59. The first kappa shape index (κ1) is 32.8. The molecule has 3 aliphatic carbocycles. The number of aliphatic hydroxyl groups is 1. The van der Waals surface area contributed by atoms with Crippen LogP contribution in [0.2, 0.25) is 0 Å². The van der Waals surface area contributed by atoms with Crippen LogP contribution in [0.3, 0.4) is 0 Å². The van der Waals surface area contributed by atoms with Crippen molar-refractivity contribution >= 4 is 15.9 Å². The minimum atomic E-state index is -4.57. The molecule has 13 unspecified atom stereocenters. The number of nitrogens with zero attached hydrogens (tertiary/aromatic N) is 1. The van der Waals surface area contributed by atoms with Crippen molar-refractivity contribution in [2.45, 2.75) is 99.2 Å². The van der Waals surface area contributed by atoms with Crippen molar-refractivity contribution in [3.8, 4) is 0 Å². The third-order valence-electron chi connectivity index (χ3n) is 9.46. The smallest absolute Gasteiger partial charge is 0.238 e. The highest BCUT2D eigenvalue weighted by molar-refractivity contribution is 7.90. The van der Waals surface area contributed by atoms with Gasteiger partial charge in [0.1, 0.15) is 42.2 Å². The quantitative estimate of drug-likeness (QED) is 0.184. The third kappa shape index (κ3) is 7.17. The molecule has 5 N–H and O–H groups in total. The number of rotatable bonds is 10. The lowest BCUT2D eigenvalue weighted by Gasteiger charge is -2.45.